The zero-order chi connectivity index (χ0) is 61.2. The second-order valence-electron chi connectivity index (χ2n) is 20.6. The van der Waals surface area contributed by atoms with Gasteiger partial charge in [-0.1, -0.05) is 158 Å². The Labute approximate surface area is 519 Å². The highest BCUT2D eigenvalue weighted by atomic mass is 16.6. The molecule has 0 spiro atoms. The first-order valence-corrected chi connectivity index (χ1v) is 29.3. The van der Waals surface area contributed by atoms with Crippen molar-refractivity contribution in [3.05, 3.63) is 263 Å². The maximum absolute atomic E-state index is 13.8. The van der Waals surface area contributed by atoms with Gasteiger partial charge in [0, 0.05) is 62.4 Å². The Balaban J connectivity index is 0.679. The van der Waals surface area contributed by atoms with E-state index in [0.29, 0.717) is 18.0 Å². The van der Waals surface area contributed by atoms with Crippen LogP contribution in [0.2, 0.25) is 0 Å². The molecule has 10 aromatic carbocycles. The fraction of sp³-hybridized carbons (Fsp3) is 0.167. The monoisotopic (exact) mass is 1170 g/mol. The van der Waals surface area contributed by atoms with Gasteiger partial charge in [-0.3, -0.25) is 4.79 Å². The van der Waals surface area contributed by atoms with Crippen LogP contribution in [0.1, 0.15) is 44.5 Å². The van der Waals surface area contributed by atoms with Crippen molar-refractivity contribution in [3.8, 4) is 58.9 Å². The number of anilines is 2. The largest absolute Gasteiger partial charge is 0.497 e. The smallest absolute Gasteiger partial charge is 0.261 e. The van der Waals surface area contributed by atoms with Crippen molar-refractivity contribution in [2.45, 2.75) is 12.2 Å². The van der Waals surface area contributed by atoms with E-state index >= 15 is 0 Å². The van der Waals surface area contributed by atoms with Gasteiger partial charge in [-0.25, -0.2) is 0 Å². The molecule has 1 amide bonds. The molecule has 10 aromatic rings. The zero-order valence-electron chi connectivity index (χ0n) is 49.6. The lowest BCUT2D eigenvalue weighted by molar-refractivity contribution is -0.129. The lowest BCUT2D eigenvalue weighted by atomic mass is 9.92. The van der Waals surface area contributed by atoms with Gasteiger partial charge in [0.25, 0.3) is 5.91 Å². The van der Waals surface area contributed by atoms with Crippen molar-refractivity contribution in [3.63, 3.8) is 0 Å². The highest BCUT2D eigenvalue weighted by molar-refractivity contribution is 6.11. The van der Waals surface area contributed by atoms with Crippen LogP contribution < -0.4 is 20.1 Å². The fourth-order valence-electron chi connectivity index (χ4n) is 10.3. The van der Waals surface area contributed by atoms with Crippen LogP contribution in [0.15, 0.2) is 219 Å². The summed E-state index contributed by atoms with van der Waals surface area (Å²) in [5, 5.41) is 14.6. The summed E-state index contributed by atoms with van der Waals surface area (Å²) in [6.07, 6.45) is -1.64. The van der Waals surface area contributed by atoms with Crippen LogP contribution >= 0.6 is 0 Å². The van der Waals surface area contributed by atoms with E-state index in [1.54, 1.807) is 26.4 Å². The molecule has 11 rings (SSSR count). The third kappa shape index (κ3) is 15.1. The topological polar surface area (TPSA) is 115 Å². The van der Waals surface area contributed by atoms with Crippen molar-refractivity contribution in [2.24, 2.45) is 0 Å². The molecule has 0 saturated carbocycles. The van der Waals surface area contributed by atoms with E-state index < -0.39 is 18.1 Å². The minimum atomic E-state index is -1.14. The first kappa shape index (κ1) is 60.0. The summed E-state index contributed by atoms with van der Waals surface area (Å²) in [6.45, 7) is 10.2. The predicted octanol–water partition coefficient (Wildman–Crippen LogP) is 13.8. The second kappa shape index (κ2) is 29.6. The van der Waals surface area contributed by atoms with Crippen LogP contribution in [0.3, 0.4) is 0 Å². The summed E-state index contributed by atoms with van der Waals surface area (Å²) in [5.74, 6) is 29.1. The molecule has 89 heavy (non-hydrogen) atoms. The molecule has 1 aliphatic rings. The van der Waals surface area contributed by atoms with Crippen LogP contribution in [0.25, 0.3) is 43.1 Å². The number of methoxy groups -OCH3 is 2. The summed E-state index contributed by atoms with van der Waals surface area (Å²) in [4.78, 5) is 13.8. The minimum absolute atomic E-state index is 0.0786. The predicted molar refractivity (Wildman–Crippen MR) is 354 cm³/mol. The van der Waals surface area contributed by atoms with Gasteiger partial charge in [0.1, 0.15) is 42.3 Å². The maximum Gasteiger partial charge on any atom is 0.261 e. The Bertz CT molecular complexity index is 4360. The molecule has 0 aromatic heterocycles. The molecule has 440 valence electrons. The molecule has 11 heteroatoms. The van der Waals surface area contributed by atoms with Gasteiger partial charge in [0.05, 0.1) is 53.9 Å². The molecule has 0 radical (unpaired) electrons. The Morgan fingerprint density at radius 3 is 1.10 bits per heavy atom. The number of amides is 1. The van der Waals surface area contributed by atoms with Crippen LogP contribution in [0.4, 0.5) is 11.4 Å². The highest BCUT2D eigenvalue weighted by Crippen LogP contribution is 2.34. The summed E-state index contributed by atoms with van der Waals surface area (Å²) >= 11 is 0. The molecule has 2 atom stereocenters. The van der Waals surface area contributed by atoms with Gasteiger partial charge in [0.2, 0.25) is 0 Å². The number of rotatable bonds is 7. The van der Waals surface area contributed by atoms with Gasteiger partial charge in [-0.05, 0) is 140 Å². The molecule has 11 nitrogen and oxygen atoms in total. The average molecular weight is 1170 g/mol. The Hall–Kier alpha value is -10.7. The van der Waals surface area contributed by atoms with Crippen LogP contribution in [0, 0.1) is 47.4 Å². The van der Waals surface area contributed by atoms with Gasteiger partial charge >= 0.3 is 0 Å². The van der Waals surface area contributed by atoms with Crippen molar-refractivity contribution < 1.29 is 42.7 Å². The number of carbonyl (C=O) groups excluding carboxylic acids is 1. The molecule has 0 aliphatic carbocycles. The van der Waals surface area contributed by atoms with Crippen LogP contribution in [0.5, 0.6) is 11.5 Å². The van der Waals surface area contributed by atoms with E-state index in [0.717, 1.165) is 105 Å². The maximum atomic E-state index is 13.8. The van der Waals surface area contributed by atoms with Crippen LogP contribution in [-0.4, -0.2) is 91.7 Å². The van der Waals surface area contributed by atoms with Crippen molar-refractivity contribution in [2.75, 3.05) is 84.3 Å². The average Bonchev–Trinajstić information content (AvgIpc) is 1.41. The van der Waals surface area contributed by atoms with Gasteiger partial charge in [0.15, 0.2) is 6.10 Å². The van der Waals surface area contributed by atoms with E-state index in [4.69, 9.17) is 37.9 Å². The van der Waals surface area contributed by atoms with E-state index in [-0.39, 0.29) is 58.6 Å². The molecule has 2 unspecified atom stereocenters. The normalized spacial score (nSPS) is 14.9. The number of hydrogen-bond acceptors (Lipinski definition) is 10. The SMILES string of the molecule is C=C1OCCOCCOC(C(=O)Nc2ccc(C#Cc3c4ccccc4c(C#Cc4ccc(OC)cc4)c4ccccc34)cc2)C(=C)OCCOCCOC1CNc1ccc(C#Cc2c3ccccc3c(C#Cc3ccc(OC)cc3)c3ccccc23)cc1. The Morgan fingerprint density at radius 1 is 0.404 bits per heavy atom. The van der Waals surface area contributed by atoms with E-state index in [1.807, 2.05) is 133 Å². The van der Waals surface area contributed by atoms with Gasteiger partial charge in [-0.15, -0.1) is 0 Å². The molecule has 2 N–H and O–H groups in total. The van der Waals surface area contributed by atoms with Gasteiger partial charge in [-0.2, -0.15) is 0 Å². The number of hydrogen-bond donors (Lipinski definition) is 2. The molecular formula is C78H64N2O9. The van der Waals surface area contributed by atoms with Crippen LogP contribution in [-0.2, 0) is 33.2 Å². The number of benzene rings is 10. The standard InChI is InChI=1S/C78H64N2O9/c1-54-76(53-79-60-33-21-56(22-34-60)29-41-72-64-13-5-9-17-68(64)74(69-18-10-6-14-65(69)72)43-31-58-25-37-62(82-3)38-26-58)88-51-47-84-46-50-87-55(2)77(89-52-48-85-45-49-86-54)78(81)80-61-35-23-57(24-36-61)30-42-73-66-15-7-11-19-70(66)75(71-20-12-8-16-67(71)73)44-32-59-27-39-63(83-4)40-28-59/h5-28,33-40,76-77,79H,1-2,45-53H2,3-4H3,(H,80,81). The molecule has 1 fully saturated rings. The molecule has 1 aliphatic heterocycles. The zero-order valence-corrected chi connectivity index (χ0v) is 49.6. The number of fused-ring (bicyclic) bond motifs is 4. The van der Waals surface area contributed by atoms with Gasteiger partial charge < -0.3 is 48.5 Å². The van der Waals surface area contributed by atoms with E-state index in [2.05, 4.69) is 120 Å². The number of nitrogens with one attached hydrogen (secondary N) is 2. The lowest BCUT2D eigenvalue weighted by Crippen LogP contribution is -2.34. The summed E-state index contributed by atoms with van der Waals surface area (Å²) < 4.78 is 46.6. The summed E-state index contributed by atoms with van der Waals surface area (Å²) in [5.41, 5.74) is 8.60. The minimum Gasteiger partial charge on any atom is -0.497 e. The highest BCUT2D eigenvalue weighted by Gasteiger charge is 2.25. The van der Waals surface area contributed by atoms with Crippen molar-refractivity contribution >= 4 is 60.4 Å². The third-order valence-corrected chi connectivity index (χ3v) is 14.9. The number of carbonyl (C=O) groups is 1. The Kier molecular flexibility index (Phi) is 19.9. The van der Waals surface area contributed by atoms with E-state index in [1.165, 1.54) is 0 Å². The van der Waals surface area contributed by atoms with Crippen molar-refractivity contribution in [1.29, 1.82) is 0 Å². The molecule has 1 heterocycles. The van der Waals surface area contributed by atoms with Crippen molar-refractivity contribution in [1.82, 2.24) is 0 Å². The first-order chi connectivity index (χ1) is 43.8. The Morgan fingerprint density at radius 2 is 0.730 bits per heavy atom. The fourth-order valence-corrected chi connectivity index (χ4v) is 10.3. The summed E-state index contributed by atoms with van der Waals surface area (Å²) in [6, 6.07) is 63.8. The third-order valence-electron chi connectivity index (χ3n) is 14.9. The summed E-state index contributed by atoms with van der Waals surface area (Å²) in [7, 11) is 3.31. The molecule has 1 saturated heterocycles. The first-order valence-electron chi connectivity index (χ1n) is 29.3. The molecule has 0 bridgehead atoms. The lowest BCUT2D eigenvalue weighted by Gasteiger charge is -2.23. The number of ether oxygens (including phenoxy) is 8. The van der Waals surface area contributed by atoms with E-state index in [9.17, 15) is 4.79 Å². The quantitative estimate of drug-likeness (QED) is 0.118. The molecular weight excluding hydrogens is 1110 g/mol. The second-order valence-corrected chi connectivity index (χ2v) is 20.6.